The Kier molecular flexibility index (Phi) is 5.59. The van der Waals surface area contributed by atoms with Crippen LogP contribution in [0.2, 0.25) is 0 Å². The Labute approximate surface area is 132 Å². The van der Waals surface area contributed by atoms with Crippen LogP contribution in [0.25, 0.3) is 0 Å². The Morgan fingerprint density at radius 1 is 1.19 bits per heavy atom. The zero-order chi connectivity index (χ0) is 15.2. The zero-order valence-electron chi connectivity index (χ0n) is 11.7. The Hall–Kier alpha value is -1.59. The average Bonchev–Trinajstić information content (AvgIpc) is 2.48. The molecule has 0 amide bonds. The third-order valence-corrected chi connectivity index (χ3v) is 3.84. The van der Waals surface area contributed by atoms with E-state index in [9.17, 15) is 4.39 Å². The van der Waals surface area contributed by atoms with Crippen molar-refractivity contribution in [1.29, 1.82) is 0 Å². The second-order valence-corrected chi connectivity index (χ2v) is 5.40. The maximum atomic E-state index is 13.9. The first kappa shape index (κ1) is 15.8. The summed E-state index contributed by atoms with van der Waals surface area (Å²) in [5.41, 5.74) is 7.21. The van der Waals surface area contributed by atoms with Gasteiger partial charge in [0.15, 0.2) is 11.6 Å². The fraction of sp³-hybridized carbons (Fsp3) is 0.250. The molecule has 0 aromatic heterocycles. The number of nitrogens with two attached hydrogens (primary N) is 1. The van der Waals surface area contributed by atoms with Gasteiger partial charge >= 0.3 is 0 Å². The predicted molar refractivity (Wildman–Crippen MR) is 84.2 cm³/mol. The van der Waals surface area contributed by atoms with Crippen molar-refractivity contribution in [1.82, 2.24) is 0 Å². The summed E-state index contributed by atoms with van der Waals surface area (Å²) in [6, 6.07) is 10.5. The Morgan fingerprint density at radius 2 is 2.00 bits per heavy atom. The van der Waals surface area contributed by atoms with Gasteiger partial charge < -0.3 is 15.2 Å². The second kappa shape index (κ2) is 7.43. The van der Waals surface area contributed by atoms with E-state index in [1.807, 2.05) is 24.3 Å². The molecule has 0 saturated heterocycles. The van der Waals surface area contributed by atoms with Crippen LogP contribution in [0.1, 0.15) is 11.1 Å². The Morgan fingerprint density at radius 3 is 2.67 bits per heavy atom. The van der Waals surface area contributed by atoms with Crippen LogP contribution in [0.3, 0.4) is 0 Å². The molecule has 0 atom stereocenters. The van der Waals surface area contributed by atoms with Crippen molar-refractivity contribution in [2.24, 2.45) is 5.73 Å². The first-order valence-corrected chi connectivity index (χ1v) is 7.37. The number of rotatable bonds is 6. The molecule has 0 heterocycles. The number of halogens is 2. The maximum absolute atomic E-state index is 13.9. The highest BCUT2D eigenvalue weighted by molar-refractivity contribution is 9.10. The van der Waals surface area contributed by atoms with Gasteiger partial charge in [-0.15, -0.1) is 0 Å². The summed E-state index contributed by atoms with van der Waals surface area (Å²) in [5.74, 6) is 0.584. The van der Waals surface area contributed by atoms with Crippen molar-refractivity contribution in [3.63, 3.8) is 0 Å². The van der Waals surface area contributed by atoms with Crippen molar-refractivity contribution in [2.75, 3.05) is 13.7 Å². The molecule has 0 aliphatic rings. The Balaban J connectivity index is 2.09. The molecule has 0 unspecified atom stereocenters. The Bertz CT molecular complexity index is 619. The predicted octanol–water partition coefficient (Wildman–Crippen LogP) is 3.68. The van der Waals surface area contributed by atoms with Crippen LogP contribution in [-0.4, -0.2) is 13.7 Å². The van der Waals surface area contributed by atoms with E-state index in [1.165, 1.54) is 6.07 Å². The molecule has 0 saturated carbocycles. The van der Waals surface area contributed by atoms with E-state index in [1.54, 1.807) is 13.2 Å². The molecule has 2 N–H and O–H groups in total. The molecule has 3 nitrogen and oxygen atoms in total. The first-order chi connectivity index (χ1) is 10.1. The third-order valence-electron chi connectivity index (χ3n) is 3.07. The van der Waals surface area contributed by atoms with Crippen LogP contribution in [0.15, 0.2) is 40.9 Å². The van der Waals surface area contributed by atoms with Gasteiger partial charge in [-0.05, 0) is 48.9 Å². The summed E-state index contributed by atoms with van der Waals surface area (Å²) in [7, 11) is 1.60. The molecule has 2 aromatic rings. The van der Waals surface area contributed by atoms with Crippen molar-refractivity contribution in [3.05, 3.63) is 57.8 Å². The van der Waals surface area contributed by atoms with E-state index < -0.39 is 0 Å². The average molecular weight is 354 g/mol. The van der Waals surface area contributed by atoms with Gasteiger partial charge in [0.2, 0.25) is 0 Å². The molecule has 112 valence electrons. The number of hydrogen-bond acceptors (Lipinski definition) is 3. The van der Waals surface area contributed by atoms with E-state index >= 15 is 0 Å². The highest BCUT2D eigenvalue weighted by Crippen LogP contribution is 2.25. The quantitative estimate of drug-likeness (QED) is 0.861. The summed E-state index contributed by atoms with van der Waals surface area (Å²) in [5, 5.41) is 0. The molecule has 0 radical (unpaired) electrons. The van der Waals surface area contributed by atoms with Gasteiger partial charge in [-0.1, -0.05) is 22.0 Å². The second-order valence-electron chi connectivity index (χ2n) is 4.55. The monoisotopic (exact) mass is 353 g/mol. The summed E-state index contributed by atoms with van der Waals surface area (Å²) in [4.78, 5) is 0. The SMILES string of the molecule is COc1ccc(Br)c(COc2ccc(CCN)cc2F)c1. The molecule has 0 bridgehead atoms. The van der Waals surface area contributed by atoms with Gasteiger partial charge in [-0.2, -0.15) is 0 Å². The molecule has 0 fully saturated rings. The summed E-state index contributed by atoms with van der Waals surface area (Å²) in [6.45, 7) is 0.751. The van der Waals surface area contributed by atoms with E-state index in [0.717, 1.165) is 21.3 Å². The van der Waals surface area contributed by atoms with Gasteiger partial charge in [-0.25, -0.2) is 4.39 Å². The van der Waals surface area contributed by atoms with E-state index in [-0.39, 0.29) is 18.2 Å². The molecule has 2 rings (SSSR count). The lowest BCUT2D eigenvalue weighted by Gasteiger charge is -2.11. The molecule has 2 aromatic carbocycles. The van der Waals surface area contributed by atoms with Gasteiger partial charge in [0.1, 0.15) is 12.4 Å². The first-order valence-electron chi connectivity index (χ1n) is 6.57. The topological polar surface area (TPSA) is 44.5 Å². The van der Waals surface area contributed by atoms with Gasteiger partial charge in [0.05, 0.1) is 7.11 Å². The summed E-state index contributed by atoms with van der Waals surface area (Å²) in [6.07, 6.45) is 0.651. The van der Waals surface area contributed by atoms with Crippen LogP contribution in [0.4, 0.5) is 4.39 Å². The van der Waals surface area contributed by atoms with E-state index in [2.05, 4.69) is 15.9 Å². The molecule has 0 aliphatic carbocycles. The minimum absolute atomic E-state index is 0.227. The van der Waals surface area contributed by atoms with Crippen LogP contribution in [-0.2, 0) is 13.0 Å². The molecule has 5 heteroatoms. The number of benzene rings is 2. The van der Waals surface area contributed by atoms with E-state index in [0.29, 0.717) is 13.0 Å². The molecule has 0 aliphatic heterocycles. The lowest BCUT2D eigenvalue weighted by molar-refractivity contribution is 0.288. The highest BCUT2D eigenvalue weighted by Gasteiger charge is 2.07. The van der Waals surface area contributed by atoms with Crippen LogP contribution < -0.4 is 15.2 Å². The fourth-order valence-corrected chi connectivity index (χ4v) is 2.29. The summed E-state index contributed by atoms with van der Waals surface area (Å²) < 4.78 is 25.5. The standard InChI is InChI=1S/C16H17BrFNO2/c1-20-13-3-4-14(17)12(9-13)10-21-16-5-2-11(6-7-19)8-15(16)18/h2-5,8-9H,6-7,10,19H2,1H3. The highest BCUT2D eigenvalue weighted by atomic mass is 79.9. The maximum Gasteiger partial charge on any atom is 0.165 e. The molecular formula is C16H17BrFNO2. The molecule has 0 spiro atoms. The lowest BCUT2D eigenvalue weighted by Crippen LogP contribution is -2.04. The van der Waals surface area contributed by atoms with Crippen molar-refractivity contribution < 1.29 is 13.9 Å². The molecular weight excluding hydrogens is 337 g/mol. The summed E-state index contributed by atoms with van der Waals surface area (Å²) >= 11 is 3.44. The number of ether oxygens (including phenoxy) is 2. The molecule has 21 heavy (non-hydrogen) atoms. The van der Waals surface area contributed by atoms with E-state index in [4.69, 9.17) is 15.2 Å². The van der Waals surface area contributed by atoms with Gasteiger partial charge in [0, 0.05) is 10.0 Å². The fourth-order valence-electron chi connectivity index (χ4n) is 1.93. The van der Waals surface area contributed by atoms with Gasteiger partial charge in [0.25, 0.3) is 0 Å². The minimum Gasteiger partial charge on any atom is -0.497 e. The van der Waals surface area contributed by atoms with Crippen LogP contribution >= 0.6 is 15.9 Å². The van der Waals surface area contributed by atoms with Crippen LogP contribution in [0, 0.1) is 5.82 Å². The largest absolute Gasteiger partial charge is 0.497 e. The van der Waals surface area contributed by atoms with Crippen molar-refractivity contribution in [2.45, 2.75) is 13.0 Å². The minimum atomic E-state index is -0.375. The van der Waals surface area contributed by atoms with Gasteiger partial charge in [-0.3, -0.25) is 0 Å². The number of methoxy groups -OCH3 is 1. The normalized spacial score (nSPS) is 10.5. The lowest BCUT2D eigenvalue weighted by atomic mass is 10.1. The number of hydrogen-bond donors (Lipinski definition) is 1. The van der Waals surface area contributed by atoms with Crippen molar-refractivity contribution >= 4 is 15.9 Å². The van der Waals surface area contributed by atoms with Crippen LogP contribution in [0.5, 0.6) is 11.5 Å². The van der Waals surface area contributed by atoms with Crippen molar-refractivity contribution in [3.8, 4) is 11.5 Å². The zero-order valence-corrected chi connectivity index (χ0v) is 13.3. The third kappa shape index (κ3) is 4.19. The smallest absolute Gasteiger partial charge is 0.165 e.